The van der Waals surface area contributed by atoms with Gasteiger partial charge in [0, 0.05) is 17.2 Å². The molecule has 0 N–H and O–H groups in total. The molecule has 0 atom stereocenters. The van der Waals surface area contributed by atoms with Crippen LogP contribution in [0.5, 0.6) is 0 Å². The summed E-state index contributed by atoms with van der Waals surface area (Å²) in [5, 5.41) is 0. The number of carbonyl (C=O) groups excluding carboxylic acids is 2. The van der Waals surface area contributed by atoms with Crippen LogP contribution >= 0.6 is 22.6 Å². The molecule has 1 aromatic carbocycles. The summed E-state index contributed by atoms with van der Waals surface area (Å²) in [5.74, 6) is -0.419. The van der Waals surface area contributed by atoms with Crippen molar-refractivity contribution in [2.75, 3.05) is 11.0 Å². The molecule has 4 heteroatoms. The SMILES string of the molecule is O=C1C=C(OCCCCCCI)c2ccccc2C1=O. The number of unbranched alkanes of at least 4 members (excludes halogenated alkanes) is 3. The van der Waals surface area contributed by atoms with Gasteiger partial charge in [-0.2, -0.15) is 0 Å². The number of Topliss-reactive ketones (excluding diaryl/α,β-unsaturated/α-hetero) is 1. The summed E-state index contributed by atoms with van der Waals surface area (Å²) < 4.78 is 6.88. The maximum atomic E-state index is 11.8. The molecule has 106 valence electrons. The molecule has 2 rings (SSSR count). The number of hydrogen-bond acceptors (Lipinski definition) is 3. The molecule has 1 aliphatic carbocycles. The van der Waals surface area contributed by atoms with Crippen LogP contribution in [0.1, 0.15) is 41.6 Å². The van der Waals surface area contributed by atoms with Gasteiger partial charge in [-0.3, -0.25) is 9.59 Å². The summed E-state index contributed by atoms with van der Waals surface area (Å²) in [7, 11) is 0. The Labute approximate surface area is 132 Å². The molecule has 0 fully saturated rings. The lowest BCUT2D eigenvalue weighted by Gasteiger charge is -2.16. The number of benzene rings is 1. The number of ketones is 2. The van der Waals surface area contributed by atoms with Crippen LogP contribution in [0.4, 0.5) is 0 Å². The standard InChI is InChI=1S/C16H17IO3/c17-9-5-1-2-6-10-20-15-11-14(18)16(19)13-8-4-3-7-12(13)15/h3-4,7-8,11H,1-2,5-6,9-10H2. The number of rotatable bonds is 7. The first-order valence-corrected chi connectivity index (χ1v) is 8.35. The van der Waals surface area contributed by atoms with Gasteiger partial charge in [0.05, 0.1) is 6.61 Å². The first-order chi connectivity index (χ1) is 9.74. The highest BCUT2D eigenvalue weighted by Crippen LogP contribution is 2.25. The van der Waals surface area contributed by atoms with Gasteiger partial charge in [-0.1, -0.05) is 59.7 Å². The van der Waals surface area contributed by atoms with E-state index in [0.717, 1.165) is 18.4 Å². The van der Waals surface area contributed by atoms with Crippen molar-refractivity contribution in [3.8, 4) is 0 Å². The number of alkyl halides is 1. The van der Waals surface area contributed by atoms with E-state index in [1.54, 1.807) is 12.1 Å². The molecule has 0 bridgehead atoms. The number of hydrogen-bond donors (Lipinski definition) is 0. The van der Waals surface area contributed by atoms with Crippen molar-refractivity contribution in [2.24, 2.45) is 0 Å². The fraction of sp³-hybridized carbons (Fsp3) is 0.375. The largest absolute Gasteiger partial charge is 0.493 e. The molecular formula is C16H17IO3. The first kappa shape index (κ1) is 15.2. The van der Waals surface area contributed by atoms with Crippen molar-refractivity contribution in [3.05, 3.63) is 41.5 Å². The van der Waals surface area contributed by atoms with E-state index in [1.165, 1.54) is 23.3 Å². The maximum absolute atomic E-state index is 11.8. The molecule has 1 aliphatic rings. The van der Waals surface area contributed by atoms with Crippen molar-refractivity contribution in [1.82, 2.24) is 0 Å². The maximum Gasteiger partial charge on any atom is 0.233 e. The Balaban J connectivity index is 1.96. The topological polar surface area (TPSA) is 43.4 Å². The Kier molecular flexibility index (Phi) is 5.76. The Morgan fingerprint density at radius 3 is 2.40 bits per heavy atom. The van der Waals surface area contributed by atoms with Crippen molar-refractivity contribution in [3.63, 3.8) is 0 Å². The van der Waals surface area contributed by atoms with E-state index in [-0.39, 0.29) is 0 Å². The molecular weight excluding hydrogens is 367 g/mol. The predicted octanol–water partition coefficient (Wildman–Crippen LogP) is 3.80. The Morgan fingerprint density at radius 2 is 1.65 bits per heavy atom. The van der Waals surface area contributed by atoms with Crippen LogP contribution < -0.4 is 0 Å². The van der Waals surface area contributed by atoms with Gasteiger partial charge in [-0.15, -0.1) is 0 Å². The van der Waals surface area contributed by atoms with Crippen LogP contribution in [0.15, 0.2) is 30.3 Å². The zero-order valence-corrected chi connectivity index (χ0v) is 13.4. The summed E-state index contributed by atoms with van der Waals surface area (Å²) in [4.78, 5) is 23.4. The number of fused-ring (bicyclic) bond motifs is 1. The van der Waals surface area contributed by atoms with Crippen LogP contribution in [-0.4, -0.2) is 22.6 Å². The number of carbonyl (C=O) groups is 2. The van der Waals surface area contributed by atoms with E-state index in [1.807, 2.05) is 12.1 Å². The van der Waals surface area contributed by atoms with Gasteiger partial charge in [-0.25, -0.2) is 0 Å². The highest BCUT2D eigenvalue weighted by molar-refractivity contribution is 14.1. The summed E-state index contributed by atoms with van der Waals surface area (Å²) in [6.07, 6.45) is 5.86. The van der Waals surface area contributed by atoms with Gasteiger partial charge in [-0.05, 0) is 17.3 Å². The third-order valence-corrected chi connectivity index (χ3v) is 3.97. The normalized spacial score (nSPS) is 13.9. The van der Waals surface area contributed by atoms with Gasteiger partial charge < -0.3 is 4.74 Å². The molecule has 0 saturated heterocycles. The second-order valence-corrected chi connectivity index (χ2v) is 5.78. The van der Waals surface area contributed by atoms with Crippen LogP contribution in [0.3, 0.4) is 0 Å². The minimum atomic E-state index is -0.497. The van der Waals surface area contributed by atoms with Crippen molar-refractivity contribution < 1.29 is 14.3 Å². The summed E-state index contributed by atoms with van der Waals surface area (Å²) in [6.45, 7) is 0.586. The van der Waals surface area contributed by atoms with Crippen LogP contribution in [0.2, 0.25) is 0 Å². The highest BCUT2D eigenvalue weighted by atomic mass is 127. The van der Waals surface area contributed by atoms with Crippen LogP contribution in [0.25, 0.3) is 5.76 Å². The summed E-state index contributed by atoms with van der Waals surface area (Å²) in [6, 6.07) is 7.10. The van der Waals surface area contributed by atoms with E-state index in [0.29, 0.717) is 17.9 Å². The van der Waals surface area contributed by atoms with Gasteiger partial charge in [0.1, 0.15) is 5.76 Å². The lowest BCUT2D eigenvalue weighted by atomic mass is 9.94. The third-order valence-electron chi connectivity index (χ3n) is 3.21. The van der Waals surface area contributed by atoms with Crippen molar-refractivity contribution >= 4 is 39.9 Å². The van der Waals surface area contributed by atoms with E-state index >= 15 is 0 Å². The second-order valence-electron chi connectivity index (χ2n) is 4.70. The van der Waals surface area contributed by atoms with Crippen LogP contribution in [-0.2, 0) is 9.53 Å². The molecule has 0 radical (unpaired) electrons. The average molecular weight is 384 g/mol. The van der Waals surface area contributed by atoms with E-state index in [4.69, 9.17) is 4.74 Å². The van der Waals surface area contributed by atoms with E-state index < -0.39 is 11.6 Å². The lowest BCUT2D eigenvalue weighted by Crippen LogP contribution is -2.19. The molecule has 1 aromatic rings. The fourth-order valence-corrected chi connectivity index (χ4v) is 2.68. The smallest absolute Gasteiger partial charge is 0.233 e. The van der Waals surface area contributed by atoms with Crippen LogP contribution in [0, 0.1) is 0 Å². The van der Waals surface area contributed by atoms with Gasteiger partial charge in [0.15, 0.2) is 0 Å². The van der Waals surface area contributed by atoms with Gasteiger partial charge in [0.2, 0.25) is 11.6 Å². The first-order valence-electron chi connectivity index (χ1n) is 6.82. The highest BCUT2D eigenvalue weighted by Gasteiger charge is 2.26. The molecule has 3 nitrogen and oxygen atoms in total. The minimum absolute atomic E-state index is 0.444. The summed E-state index contributed by atoms with van der Waals surface area (Å²) in [5.41, 5.74) is 1.17. The molecule has 0 spiro atoms. The Bertz CT molecular complexity index is 534. The van der Waals surface area contributed by atoms with E-state index in [2.05, 4.69) is 22.6 Å². The monoisotopic (exact) mass is 384 g/mol. The lowest BCUT2D eigenvalue weighted by molar-refractivity contribution is -0.111. The molecule has 0 amide bonds. The number of allylic oxidation sites excluding steroid dienone is 1. The number of ether oxygens (including phenoxy) is 1. The average Bonchev–Trinajstić information content (AvgIpc) is 2.47. The molecule has 0 saturated carbocycles. The summed E-state index contributed by atoms with van der Waals surface area (Å²) >= 11 is 2.38. The molecule has 0 aromatic heterocycles. The molecule has 0 heterocycles. The predicted molar refractivity (Wildman–Crippen MR) is 87.1 cm³/mol. The zero-order chi connectivity index (χ0) is 14.4. The van der Waals surface area contributed by atoms with E-state index in [9.17, 15) is 9.59 Å². The minimum Gasteiger partial charge on any atom is -0.493 e. The van der Waals surface area contributed by atoms with Gasteiger partial charge >= 0.3 is 0 Å². The quantitative estimate of drug-likeness (QED) is 0.311. The third kappa shape index (κ3) is 3.69. The number of halogens is 1. The molecule has 20 heavy (non-hydrogen) atoms. The molecule has 0 unspecified atom stereocenters. The Morgan fingerprint density at radius 1 is 0.950 bits per heavy atom. The van der Waals surface area contributed by atoms with Crippen molar-refractivity contribution in [2.45, 2.75) is 25.7 Å². The fourth-order valence-electron chi connectivity index (χ4n) is 2.14. The van der Waals surface area contributed by atoms with Gasteiger partial charge in [0.25, 0.3) is 0 Å². The molecule has 0 aliphatic heterocycles. The second kappa shape index (κ2) is 7.57. The van der Waals surface area contributed by atoms with Crippen molar-refractivity contribution in [1.29, 1.82) is 0 Å². The zero-order valence-electron chi connectivity index (χ0n) is 11.2. The Hall–Kier alpha value is -1.17.